The van der Waals surface area contributed by atoms with Gasteiger partial charge in [-0.15, -0.1) is 0 Å². The molecule has 1 saturated heterocycles. The lowest BCUT2D eigenvalue weighted by atomic mass is 10.0. The quantitative estimate of drug-likeness (QED) is 0.646. The van der Waals surface area contributed by atoms with E-state index in [-0.39, 0.29) is 0 Å². The Morgan fingerprint density at radius 1 is 1.36 bits per heavy atom. The Morgan fingerprint density at radius 3 is 2.82 bits per heavy atom. The summed E-state index contributed by atoms with van der Waals surface area (Å²) in [4.78, 5) is 4.00. The van der Waals surface area contributed by atoms with Crippen LogP contribution >= 0.6 is 0 Å². The summed E-state index contributed by atoms with van der Waals surface area (Å²) in [5.41, 5.74) is 1.42. The maximum atomic E-state index is 4.00. The van der Waals surface area contributed by atoms with Gasteiger partial charge in [-0.25, -0.2) is 0 Å². The average Bonchev–Trinajstić information content (AvgIpc) is 2.58. The number of pyridine rings is 1. The van der Waals surface area contributed by atoms with Crippen LogP contribution in [0, 0.1) is 0 Å². The van der Waals surface area contributed by atoms with Crippen LogP contribution in [0.1, 0.15) is 17.9 Å². The van der Waals surface area contributed by atoms with Crippen molar-refractivity contribution >= 4 is 0 Å². The van der Waals surface area contributed by atoms with Gasteiger partial charge in [-0.1, -0.05) is 0 Å². The van der Waals surface area contributed by atoms with Crippen molar-refractivity contribution in [3.8, 4) is 0 Å². The van der Waals surface area contributed by atoms with Gasteiger partial charge in [0.2, 0.25) is 0 Å². The van der Waals surface area contributed by atoms with Gasteiger partial charge in [0.05, 0.1) is 0 Å². The summed E-state index contributed by atoms with van der Waals surface area (Å²) in [6, 6.07) is 4.22. The zero-order valence-electron chi connectivity index (χ0n) is 6.46. The Balaban J connectivity index is 2.16. The fourth-order valence-corrected chi connectivity index (χ4v) is 1.57. The first kappa shape index (κ1) is 6.80. The summed E-state index contributed by atoms with van der Waals surface area (Å²) >= 11 is 0. The molecule has 0 saturated carbocycles. The fraction of sp³-hybridized carbons (Fsp3) is 0.444. The molecule has 11 heavy (non-hydrogen) atoms. The fourth-order valence-electron chi connectivity index (χ4n) is 1.57. The Bertz CT molecular complexity index is 214. The van der Waals surface area contributed by atoms with Gasteiger partial charge in [-0.05, 0) is 36.6 Å². The number of rotatable bonds is 1. The summed E-state index contributed by atoms with van der Waals surface area (Å²) in [5.74, 6) is 0.720. The Labute approximate surface area is 66.7 Å². The summed E-state index contributed by atoms with van der Waals surface area (Å²) in [6.07, 6.45) is 5.01. The molecule has 1 aliphatic heterocycles. The van der Waals surface area contributed by atoms with Crippen molar-refractivity contribution in [3.63, 3.8) is 0 Å². The molecule has 1 N–H and O–H groups in total. The molecule has 0 aliphatic carbocycles. The van der Waals surface area contributed by atoms with E-state index in [0.717, 1.165) is 19.0 Å². The molecular formula is C9H12N2. The summed E-state index contributed by atoms with van der Waals surface area (Å²) in [7, 11) is 0. The van der Waals surface area contributed by atoms with Gasteiger partial charge in [0.15, 0.2) is 0 Å². The van der Waals surface area contributed by atoms with Crippen LogP contribution in [-0.2, 0) is 0 Å². The maximum Gasteiger partial charge on any atom is 0.0270 e. The number of aromatic nitrogens is 1. The normalized spacial score (nSPS) is 23.8. The van der Waals surface area contributed by atoms with E-state index in [0.29, 0.717) is 0 Å². The van der Waals surface area contributed by atoms with Gasteiger partial charge < -0.3 is 5.32 Å². The summed E-state index contributed by atoms with van der Waals surface area (Å²) < 4.78 is 0. The van der Waals surface area contributed by atoms with Crippen LogP contribution in [0.5, 0.6) is 0 Å². The molecule has 0 amide bonds. The zero-order valence-corrected chi connectivity index (χ0v) is 6.46. The molecule has 1 aromatic rings. The number of nitrogens with one attached hydrogen (secondary N) is 1. The minimum atomic E-state index is 0.720. The predicted octanol–water partition coefficient (Wildman–Crippen LogP) is 1.16. The van der Waals surface area contributed by atoms with Crippen molar-refractivity contribution in [1.29, 1.82) is 0 Å². The van der Waals surface area contributed by atoms with Crippen molar-refractivity contribution in [2.24, 2.45) is 0 Å². The molecule has 1 atom stereocenters. The van der Waals surface area contributed by atoms with Crippen LogP contribution < -0.4 is 5.32 Å². The van der Waals surface area contributed by atoms with Crippen LogP contribution in [-0.4, -0.2) is 18.1 Å². The lowest BCUT2D eigenvalue weighted by molar-refractivity contribution is 0.761. The largest absolute Gasteiger partial charge is 0.316 e. The van der Waals surface area contributed by atoms with E-state index < -0.39 is 0 Å². The van der Waals surface area contributed by atoms with Gasteiger partial charge in [0.1, 0.15) is 0 Å². The van der Waals surface area contributed by atoms with Crippen molar-refractivity contribution in [1.82, 2.24) is 10.3 Å². The number of hydrogen-bond donors (Lipinski definition) is 1. The molecule has 1 aromatic heterocycles. The first-order valence-electron chi connectivity index (χ1n) is 4.07. The Hall–Kier alpha value is -0.890. The van der Waals surface area contributed by atoms with Gasteiger partial charge >= 0.3 is 0 Å². The van der Waals surface area contributed by atoms with Crippen LogP contribution in [0.3, 0.4) is 0 Å². The second-order valence-electron chi connectivity index (χ2n) is 2.97. The predicted molar refractivity (Wildman–Crippen MR) is 44.5 cm³/mol. The second-order valence-corrected chi connectivity index (χ2v) is 2.97. The zero-order chi connectivity index (χ0) is 7.52. The molecule has 0 aromatic carbocycles. The summed E-state index contributed by atoms with van der Waals surface area (Å²) in [5, 5.41) is 3.35. The molecule has 1 unspecified atom stereocenters. The van der Waals surface area contributed by atoms with E-state index in [9.17, 15) is 0 Å². The molecule has 2 heterocycles. The van der Waals surface area contributed by atoms with E-state index in [4.69, 9.17) is 0 Å². The SMILES string of the molecule is c1cc(C2CCNC2)ccn1. The van der Waals surface area contributed by atoms with E-state index in [1.807, 2.05) is 12.4 Å². The standard InChI is InChI=1S/C9H12N2/c1-4-10-5-2-8(1)9-3-6-11-7-9/h1-2,4-5,9,11H,3,6-7H2. The highest BCUT2D eigenvalue weighted by Crippen LogP contribution is 2.20. The molecule has 0 radical (unpaired) electrons. The molecule has 0 spiro atoms. The van der Waals surface area contributed by atoms with Crippen LogP contribution in [0.15, 0.2) is 24.5 Å². The van der Waals surface area contributed by atoms with Crippen molar-refractivity contribution in [3.05, 3.63) is 30.1 Å². The highest BCUT2D eigenvalue weighted by atomic mass is 14.9. The average molecular weight is 148 g/mol. The Kier molecular flexibility index (Phi) is 1.86. The van der Waals surface area contributed by atoms with Crippen LogP contribution in [0.2, 0.25) is 0 Å². The molecule has 2 nitrogen and oxygen atoms in total. The smallest absolute Gasteiger partial charge is 0.0270 e. The lowest BCUT2D eigenvalue weighted by Gasteiger charge is -2.06. The molecule has 58 valence electrons. The monoisotopic (exact) mass is 148 g/mol. The molecule has 1 fully saturated rings. The number of nitrogens with zero attached hydrogens (tertiary/aromatic N) is 1. The molecule has 2 rings (SSSR count). The highest BCUT2D eigenvalue weighted by molar-refractivity contribution is 5.17. The van der Waals surface area contributed by atoms with Gasteiger partial charge in [0, 0.05) is 18.9 Å². The summed E-state index contributed by atoms with van der Waals surface area (Å²) in [6.45, 7) is 2.29. The van der Waals surface area contributed by atoms with Crippen molar-refractivity contribution in [2.75, 3.05) is 13.1 Å². The van der Waals surface area contributed by atoms with E-state index >= 15 is 0 Å². The topological polar surface area (TPSA) is 24.9 Å². The first-order chi connectivity index (χ1) is 5.47. The first-order valence-corrected chi connectivity index (χ1v) is 4.07. The van der Waals surface area contributed by atoms with Gasteiger partial charge in [0.25, 0.3) is 0 Å². The Morgan fingerprint density at radius 2 is 2.18 bits per heavy atom. The third-order valence-electron chi connectivity index (χ3n) is 2.24. The molecule has 2 heteroatoms. The van der Waals surface area contributed by atoms with E-state index in [1.54, 1.807) is 0 Å². The maximum absolute atomic E-state index is 4.00. The van der Waals surface area contributed by atoms with E-state index in [1.165, 1.54) is 12.0 Å². The van der Waals surface area contributed by atoms with E-state index in [2.05, 4.69) is 22.4 Å². The lowest BCUT2D eigenvalue weighted by Crippen LogP contribution is -2.07. The molecule has 0 bridgehead atoms. The third kappa shape index (κ3) is 1.40. The van der Waals surface area contributed by atoms with Gasteiger partial charge in [-0.2, -0.15) is 0 Å². The van der Waals surface area contributed by atoms with Crippen LogP contribution in [0.25, 0.3) is 0 Å². The second kappa shape index (κ2) is 3.01. The highest BCUT2D eigenvalue weighted by Gasteiger charge is 2.15. The molecular weight excluding hydrogens is 136 g/mol. The minimum absolute atomic E-state index is 0.720. The minimum Gasteiger partial charge on any atom is -0.316 e. The number of hydrogen-bond acceptors (Lipinski definition) is 2. The molecule has 1 aliphatic rings. The third-order valence-corrected chi connectivity index (χ3v) is 2.24. The van der Waals surface area contributed by atoms with Crippen molar-refractivity contribution in [2.45, 2.75) is 12.3 Å². The van der Waals surface area contributed by atoms with Gasteiger partial charge in [-0.3, -0.25) is 4.98 Å². The van der Waals surface area contributed by atoms with Crippen LogP contribution in [0.4, 0.5) is 0 Å². The van der Waals surface area contributed by atoms with Crippen molar-refractivity contribution < 1.29 is 0 Å².